The van der Waals surface area contributed by atoms with E-state index < -0.39 is 0 Å². The van der Waals surface area contributed by atoms with Crippen LogP contribution in [0.1, 0.15) is 0 Å². The summed E-state index contributed by atoms with van der Waals surface area (Å²) in [5.41, 5.74) is 15.6. The van der Waals surface area contributed by atoms with Crippen LogP contribution in [0, 0.1) is 0 Å². The van der Waals surface area contributed by atoms with Crippen LogP contribution in [0.15, 0.2) is 224 Å². The zero-order valence-corrected chi connectivity index (χ0v) is 33.2. The highest BCUT2D eigenvalue weighted by Crippen LogP contribution is 2.40. The van der Waals surface area contributed by atoms with Crippen molar-refractivity contribution >= 4 is 76.2 Å². The molecule has 0 radical (unpaired) electrons. The molecule has 0 saturated heterocycles. The van der Waals surface area contributed by atoms with E-state index in [9.17, 15) is 0 Å². The third-order valence-corrected chi connectivity index (χ3v) is 12.8. The van der Waals surface area contributed by atoms with E-state index in [1.54, 1.807) is 0 Å². The summed E-state index contributed by atoms with van der Waals surface area (Å²) in [7, 11) is 0. The topological polar surface area (TPSA) is 14.8 Å². The lowest BCUT2D eigenvalue weighted by Crippen LogP contribution is -1.95. The Bertz CT molecular complexity index is 3860. The average molecular weight is 776 g/mol. The van der Waals surface area contributed by atoms with Crippen molar-refractivity contribution < 1.29 is 0 Å². The fourth-order valence-corrected chi connectivity index (χ4v) is 10.1. The van der Waals surface area contributed by atoms with Crippen molar-refractivity contribution in [1.29, 1.82) is 0 Å². The van der Waals surface area contributed by atoms with Gasteiger partial charge in [-0.05, 0) is 113 Å². The van der Waals surface area contributed by atoms with Gasteiger partial charge in [0.15, 0.2) is 0 Å². The summed E-state index contributed by atoms with van der Waals surface area (Å²) in [5.74, 6) is 0. The van der Waals surface area contributed by atoms with Gasteiger partial charge in [-0.15, -0.1) is 0 Å². The Hall–Kier alpha value is -8.14. The number of fused-ring (bicyclic) bond motifs is 10. The van der Waals surface area contributed by atoms with E-state index in [1.807, 2.05) is 0 Å². The maximum absolute atomic E-state index is 2.43. The van der Waals surface area contributed by atoms with Gasteiger partial charge < -0.3 is 13.7 Å². The quantitative estimate of drug-likeness (QED) is 0.165. The van der Waals surface area contributed by atoms with Crippen molar-refractivity contribution in [3.05, 3.63) is 224 Å². The predicted molar refractivity (Wildman–Crippen MR) is 258 cm³/mol. The van der Waals surface area contributed by atoms with Crippen LogP contribution in [0.25, 0.3) is 116 Å². The molecular weight excluding hydrogens is 739 g/mol. The first-order valence-corrected chi connectivity index (χ1v) is 21.0. The molecule has 0 fully saturated rings. The summed E-state index contributed by atoms with van der Waals surface area (Å²) in [5, 5.41) is 10.0. The van der Waals surface area contributed by atoms with Crippen LogP contribution in [0.4, 0.5) is 0 Å². The Kier molecular flexibility index (Phi) is 7.31. The molecule has 0 N–H and O–H groups in total. The van der Waals surface area contributed by atoms with Gasteiger partial charge in [0.05, 0.1) is 38.8 Å². The lowest BCUT2D eigenvalue weighted by Gasteiger charge is -2.12. The van der Waals surface area contributed by atoms with E-state index in [0.717, 1.165) is 5.69 Å². The van der Waals surface area contributed by atoms with E-state index in [2.05, 4.69) is 238 Å². The minimum absolute atomic E-state index is 1.14. The molecule has 3 heteroatoms. The minimum atomic E-state index is 1.14. The van der Waals surface area contributed by atoms with Crippen LogP contribution in [0.2, 0.25) is 0 Å². The van der Waals surface area contributed by atoms with E-state index in [1.165, 1.54) is 110 Å². The number of rotatable bonds is 5. The van der Waals surface area contributed by atoms with Crippen LogP contribution in [-0.2, 0) is 0 Å². The van der Waals surface area contributed by atoms with Crippen LogP contribution < -0.4 is 0 Å². The maximum Gasteiger partial charge on any atom is 0.0541 e. The molecule has 0 aliphatic heterocycles. The standard InChI is InChI=1S/C58H37N3/c1-2-15-43(16-3-1)59-53-21-9-6-18-46(53)49-36-41(28-32-56(49)59)42-29-33-57-50(37-42)47-19-7-10-22-54(47)60(57)44-30-25-38(26-31-44)40-27-34-58-51(35-40)48-20-8-11-23-55(48)61(58)52-24-12-14-39-13-4-5-17-45(39)52/h1-37H. The average Bonchev–Trinajstić information content (AvgIpc) is 3.96. The molecule has 13 aromatic rings. The highest BCUT2D eigenvalue weighted by Gasteiger charge is 2.18. The summed E-state index contributed by atoms with van der Waals surface area (Å²) < 4.78 is 7.22. The predicted octanol–water partition coefficient (Wildman–Crippen LogP) is 15.5. The molecule has 0 spiro atoms. The van der Waals surface area contributed by atoms with Crippen molar-refractivity contribution in [2.75, 3.05) is 0 Å². The first-order valence-electron chi connectivity index (χ1n) is 21.0. The number of hydrogen-bond acceptors (Lipinski definition) is 0. The number of nitrogens with zero attached hydrogens (tertiary/aromatic N) is 3. The highest BCUT2D eigenvalue weighted by atomic mass is 15.0. The van der Waals surface area contributed by atoms with Crippen molar-refractivity contribution in [2.45, 2.75) is 0 Å². The van der Waals surface area contributed by atoms with Gasteiger partial charge in [0.1, 0.15) is 0 Å². The maximum atomic E-state index is 2.43. The molecule has 0 bridgehead atoms. The summed E-state index contributed by atoms with van der Waals surface area (Å²) in [6.07, 6.45) is 0. The van der Waals surface area contributed by atoms with Crippen LogP contribution in [0.5, 0.6) is 0 Å². The second-order valence-corrected chi connectivity index (χ2v) is 16.1. The number of aromatic nitrogens is 3. The molecule has 3 aromatic heterocycles. The first-order chi connectivity index (χ1) is 30.3. The lowest BCUT2D eigenvalue weighted by atomic mass is 10.0. The summed E-state index contributed by atoms with van der Waals surface area (Å²) >= 11 is 0. The van der Waals surface area contributed by atoms with E-state index in [0.29, 0.717) is 0 Å². The molecule has 61 heavy (non-hydrogen) atoms. The number of para-hydroxylation sites is 4. The van der Waals surface area contributed by atoms with Crippen LogP contribution >= 0.6 is 0 Å². The van der Waals surface area contributed by atoms with Crippen molar-refractivity contribution in [1.82, 2.24) is 13.7 Å². The van der Waals surface area contributed by atoms with Gasteiger partial charge in [0.2, 0.25) is 0 Å². The fraction of sp³-hybridized carbons (Fsp3) is 0. The van der Waals surface area contributed by atoms with E-state index in [4.69, 9.17) is 0 Å². The van der Waals surface area contributed by atoms with Gasteiger partial charge in [-0.2, -0.15) is 0 Å². The van der Waals surface area contributed by atoms with Gasteiger partial charge in [-0.3, -0.25) is 0 Å². The second kappa shape index (κ2) is 13.2. The molecule has 0 unspecified atom stereocenters. The van der Waals surface area contributed by atoms with Gasteiger partial charge >= 0.3 is 0 Å². The Morgan fingerprint density at radius 3 is 1.15 bits per heavy atom. The molecule has 0 aliphatic carbocycles. The zero-order chi connectivity index (χ0) is 40.0. The number of benzene rings is 10. The smallest absolute Gasteiger partial charge is 0.0541 e. The monoisotopic (exact) mass is 775 g/mol. The van der Waals surface area contributed by atoms with Crippen LogP contribution in [-0.4, -0.2) is 13.7 Å². The Morgan fingerprint density at radius 2 is 0.590 bits per heavy atom. The molecule has 10 aromatic carbocycles. The molecule has 0 aliphatic rings. The third-order valence-electron chi connectivity index (χ3n) is 12.8. The minimum Gasteiger partial charge on any atom is -0.309 e. The molecule has 0 saturated carbocycles. The Balaban J connectivity index is 0.900. The van der Waals surface area contributed by atoms with Gasteiger partial charge in [0.25, 0.3) is 0 Å². The molecule has 13 rings (SSSR count). The summed E-state index contributed by atoms with van der Waals surface area (Å²) in [6, 6.07) is 82.2. The summed E-state index contributed by atoms with van der Waals surface area (Å²) in [6.45, 7) is 0. The van der Waals surface area contributed by atoms with Crippen molar-refractivity contribution in [3.8, 4) is 39.3 Å². The largest absolute Gasteiger partial charge is 0.309 e. The molecule has 3 nitrogen and oxygen atoms in total. The lowest BCUT2D eigenvalue weighted by molar-refractivity contribution is 1.18. The normalized spacial score (nSPS) is 11.9. The summed E-state index contributed by atoms with van der Waals surface area (Å²) in [4.78, 5) is 0. The van der Waals surface area contributed by atoms with Crippen LogP contribution in [0.3, 0.4) is 0 Å². The second-order valence-electron chi connectivity index (χ2n) is 16.1. The molecule has 3 heterocycles. The zero-order valence-electron chi connectivity index (χ0n) is 33.2. The van der Waals surface area contributed by atoms with Gasteiger partial charge in [0, 0.05) is 49.1 Å². The van der Waals surface area contributed by atoms with Crippen molar-refractivity contribution in [3.63, 3.8) is 0 Å². The number of hydrogen-bond donors (Lipinski definition) is 0. The molecule has 0 amide bonds. The first kappa shape index (κ1) is 33.8. The third kappa shape index (κ3) is 5.11. The Morgan fingerprint density at radius 1 is 0.213 bits per heavy atom. The molecule has 284 valence electrons. The van der Waals surface area contributed by atoms with Gasteiger partial charge in [-0.25, -0.2) is 0 Å². The SMILES string of the molecule is c1ccc(-n2c3ccccc3c3cc(-c4ccc5c(c4)c4ccccc4n5-c4ccc(-c5ccc6c(c5)c5ccccc5n6-c5cccc6ccccc56)cc4)ccc32)cc1. The van der Waals surface area contributed by atoms with Gasteiger partial charge in [-0.1, -0.05) is 140 Å². The Labute approximate surface area is 352 Å². The van der Waals surface area contributed by atoms with E-state index >= 15 is 0 Å². The fourth-order valence-electron chi connectivity index (χ4n) is 10.1. The van der Waals surface area contributed by atoms with Crippen molar-refractivity contribution in [2.24, 2.45) is 0 Å². The molecular formula is C58H37N3. The molecule has 0 atom stereocenters. The highest BCUT2D eigenvalue weighted by molar-refractivity contribution is 6.14. The van der Waals surface area contributed by atoms with E-state index in [-0.39, 0.29) is 0 Å².